The van der Waals surface area contributed by atoms with Crippen LogP contribution in [0, 0.1) is 46.9 Å². The maximum atomic E-state index is 9.67. The smallest absolute Gasteiger partial charge is 0.174 e. The first-order valence-corrected chi connectivity index (χ1v) is 0.655. The summed E-state index contributed by atoms with van der Waals surface area (Å²) in [6.07, 6.45) is 0. The number of halogens is 3. The van der Waals surface area contributed by atoms with Crippen LogP contribution in [0.25, 0.3) is 0 Å². The maximum absolute atomic E-state index is 9.67. The van der Waals surface area contributed by atoms with Crippen molar-refractivity contribution < 1.29 is 60.1 Å². The number of alkyl halides is 3. The van der Waals surface area contributed by atoms with Gasteiger partial charge in [-0.25, -0.2) is 0 Å². The summed E-state index contributed by atoms with van der Waals surface area (Å²) < 4.78 is 29.0. The van der Waals surface area contributed by atoms with Crippen molar-refractivity contribution in [3.8, 4) is 0 Å². The monoisotopic (exact) mass is 244 g/mol. The number of hydrogen-bond acceptors (Lipinski definition) is 0. The van der Waals surface area contributed by atoms with Crippen molar-refractivity contribution in [1.82, 2.24) is 0 Å². The van der Waals surface area contributed by atoms with Crippen LogP contribution in [0.4, 0.5) is 13.2 Å². The Bertz CT molecular complexity index is 11.6. The second kappa shape index (κ2) is 5.31. The van der Waals surface area contributed by atoms with Crippen molar-refractivity contribution in [1.29, 1.82) is 0 Å². The van der Waals surface area contributed by atoms with Gasteiger partial charge in [0.2, 0.25) is 0 Å². The van der Waals surface area contributed by atoms with Crippen molar-refractivity contribution in [2.75, 3.05) is 0 Å². The first-order chi connectivity index (χ1) is 1.73. The SMILES string of the molecule is FC(F)F.[Yb+3]. The molecule has 0 rings (SSSR count). The van der Waals surface area contributed by atoms with Crippen LogP contribution in [0.1, 0.15) is 0 Å². The normalized spacial score (nSPS) is 7.20. The molecule has 0 saturated heterocycles. The van der Waals surface area contributed by atoms with E-state index in [-0.39, 0.29) is 46.9 Å². The molecule has 0 amide bonds. The van der Waals surface area contributed by atoms with Gasteiger partial charge in [-0.2, -0.15) is 13.2 Å². The molecule has 0 unspecified atom stereocenters. The molecule has 0 bridgehead atoms. The van der Waals surface area contributed by atoms with E-state index in [0.29, 0.717) is 0 Å². The molecular weight excluding hydrogens is 242 g/mol. The Morgan fingerprint density at radius 3 is 1.00 bits per heavy atom. The molecule has 0 nitrogen and oxygen atoms in total. The van der Waals surface area contributed by atoms with Gasteiger partial charge in [0, 0.05) is 0 Å². The Kier molecular flexibility index (Phi) is 10.2. The molecule has 0 saturated carbocycles. The minimum Gasteiger partial charge on any atom is -0.174 e. The standard InChI is InChI=1S/CHF3.Yb/c2-1(3)4;/h1H;/q;+3. The number of hydrogen-bond donors (Lipinski definition) is 0. The third-order valence-corrected chi connectivity index (χ3v) is 0. The fourth-order valence-corrected chi connectivity index (χ4v) is 0. The van der Waals surface area contributed by atoms with Crippen molar-refractivity contribution in [2.45, 2.75) is 6.68 Å². The van der Waals surface area contributed by atoms with Gasteiger partial charge in [0.15, 0.2) is 0 Å². The zero-order chi connectivity index (χ0) is 3.58. The summed E-state index contributed by atoms with van der Waals surface area (Å²) in [5.41, 5.74) is 0. The van der Waals surface area contributed by atoms with Crippen LogP contribution in [-0.2, 0) is 0 Å². The zero-order valence-corrected chi connectivity index (χ0v) is 3.69. The van der Waals surface area contributed by atoms with Gasteiger partial charge >= 0.3 is 53.6 Å². The van der Waals surface area contributed by atoms with Crippen LogP contribution in [0.5, 0.6) is 0 Å². The van der Waals surface area contributed by atoms with Crippen LogP contribution < -0.4 is 0 Å². The minimum absolute atomic E-state index is 0. The Balaban J connectivity index is 0. The molecule has 0 aliphatic rings. The summed E-state index contributed by atoms with van der Waals surface area (Å²) in [7, 11) is 0. The summed E-state index contributed by atoms with van der Waals surface area (Å²) in [5.74, 6) is 0. The summed E-state index contributed by atoms with van der Waals surface area (Å²) in [6.45, 7) is -3.67. The fourth-order valence-electron chi connectivity index (χ4n) is 0. The van der Waals surface area contributed by atoms with Crippen LogP contribution in [0.2, 0.25) is 0 Å². The molecule has 0 aromatic carbocycles. The van der Waals surface area contributed by atoms with E-state index in [4.69, 9.17) is 0 Å². The predicted octanol–water partition coefficient (Wildman–Crippen LogP) is 1.18. The van der Waals surface area contributed by atoms with Crippen LogP contribution >= 0.6 is 0 Å². The van der Waals surface area contributed by atoms with E-state index in [9.17, 15) is 13.2 Å². The first kappa shape index (κ1) is 9.58. The van der Waals surface area contributed by atoms with E-state index in [1.54, 1.807) is 0 Å². The van der Waals surface area contributed by atoms with Crippen molar-refractivity contribution >= 4 is 0 Å². The zero-order valence-electron chi connectivity index (χ0n) is 1.98. The summed E-state index contributed by atoms with van der Waals surface area (Å²) >= 11 is 0. The molecule has 0 aliphatic heterocycles. The molecule has 5 heavy (non-hydrogen) atoms. The molecule has 0 heterocycles. The molecule has 0 aromatic rings. The number of rotatable bonds is 0. The maximum Gasteiger partial charge on any atom is 3.00 e. The molecule has 1 radical (unpaired) electrons. The molecule has 4 heteroatoms. The molecule has 0 N–H and O–H groups in total. The van der Waals surface area contributed by atoms with Crippen LogP contribution in [0.15, 0.2) is 0 Å². The Morgan fingerprint density at radius 1 is 1.00 bits per heavy atom. The van der Waals surface area contributed by atoms with E-state index in [2.05, 4.69) is 0 Å². The molecule has 37 valence electrons. The average Bonchev–Trinajstić information content (AvgIpc) is 0.811. The van der Waals surface area contributed by atoms with E-state index in [1.165, 1.54) is 0 Å². The van der Waals surface area contributed by atoms with Gasteiger partial charge in [-0.05, 0) is 0 Å². The predicted molar refractivity (Wildman–Crippen MR) is 7.11 cm³/mol. The van der Waals surface area contributed by atoms with Crippen molar-refractivity contribution in [3.05, 3.63) is 0 Å². The largest absolute Gasteiger partial charge is 3.00 e. The van der Waals surface area contributed by atoms with E-state index >= 15 is 0 Å². The van der Waals surface area contributed by atoms with Gasteiger partial charge in [-0.3, -0.25) is 0 Å². The Morgan fingerprint density at radius 2 is 1.00 bits per heavy atom. The summed E-state index contributed by atoms with van der Waals surface area (Å²) in [5, 5.41) is 0. The Hall–Kier alpha value is 1.31. The van der Waals surface area contributed by atoms with E-state index < -0.39 is 6.68 Å². The second-order valence-electron chi connectivity index (χ2n) is 0.247. The molecular formula is CHF3Yb+3. The summed E-state index contributed by atoms with van der Waals surface area (Å²) in [6, 6.07) is 0. The van der Waals surface area contributed by atoms with Gasteiger partial charge < -0.3 is 0 Å². The molecule has 0 aliphatic carbocycles. The minimum atomic E-state index is -3.67. The Labute approximate surface area is 66.0 Å². The van der Waals surface area contributed by atoms with E-state index in [1.807, 2.05) is 0 Å². The van der Waals surface area contributed by atoms with Gasteiger partial charge in [-0.1, -0.05) is 0 Å². The van der Waals surface area contributed by atoms with Crippen LogP contribution in [-0.4, -0.2) is 6.68 Å². The molecule has 0 aromatic heterocycles. The first-order valence-electron chi connectivity index (χ1n) is 0.655. The molecule has 0 fully saturated rings. The van der Waals surface area contributed by atoms with Crippen molar-refractivity contribution in [3.63, 3.8) is 0 Å². The quantitative estimate of drug-likeness (QED) is 0.599. The topological polar surface area (TPSA) is 0 Å². The molecule has 0 spiro atoms. The van der Waals surface area contributed by atoms with E-state index in [0.717, 1.165) is 0 Å². The van der Waals surface area contributed by atoms with Crippen LogP contribution in [0.3, 0.4) is 0 Å². The van der Waals surface area contributed by atoms with Gasteiger partial charge in [0.1, 0.15) is 0 Å². The summed E-state index contributed by atoms with van der Waals surface area (Å²) in [4.78, 5) is 0. The van der Waals surface area contributed by atoms with Gasteiger partial charge in [0.25, 0.3) is 0 Å². The van der Waals surface area contributed by atoms with Crippen molar-refractivity contribution in [2.24, 2.45) is 0 Å². The fraction of sp³-hybridized carbons (Fsp3) is 1.00. The van der Waals surface area contributed by atoms with Gasteiger partial charge in [-0.15, -0.1) is 0 Å². The third-order valence-electron chi connectivity index (χ3n) is 0. The third kappa shape index (κ3) is 33.9. The average molecular weight is 243 g/mol. The second-order valence-corrected chi connectivity index (χ2v) is 0.247. The van der Waals surface area contributed by atoms with Gasteiger partial charge in [0.05, 0.1) is 0 Å². The molecule has 0 atom stereocenters.